The van der Waals surface area contributed by atoms with Crippen LogP contribution in [0.1, 0.15) is 22.7 Å². The van der Waals surface area contributed by atoms with Crippen LogP contribution in [-0.4, -0.2) is 40.9 Å². The van der Waals surface area contributed by atoms with E-state index in [9.17, 15) is 19.1 Å². The van der Waals surface area contributed by atoms with E-state index >= 15 is 0 Å². The molecular formula is C25H21FN2O5. The summed E-state index contributed by atoms with van der Waals surface area (Å²) in [5.74, 6) is -1.57. The number of ether oxygens (including phenoxy) is 2. The predicted octanol–water partition coefficient (Wildman–Crippen LogP) is 3.86. The Morgan fingerprint density at radius 3 is 2.36 bits per heavy atom. The Balaban J connectivity index is 1.86. The second-order valence-corrected chi connectivity index (χ2v) is 7.40. The molecule has 2 aromatic carbocycles. The van der Waals surface area contributed by atoms with Gasteiger partial charge in [-0.2, -0.15) is 0 Å². The van der Waals surface area contributed by atoms with E-state index in [1.54, 1.807) is 54.9 Å². The number of aliphatic hydroxyl groups is 1. The monoisotopic (exact) mass is 448 g/mol. The fraction of sp³-hybridized carbons (Fsp3) is 0.160. The Morgan fingerprint density at radius 1 is 1.03 bits per heavy atom. The first-order chi connectivity index (χ1) is 15.9. The summed E-state index contributed by atoms with van der Waals surface area (Å²) in [4.78, 5) is 31.5. The quantitative estimate of drug-likeness (QED) is 0.350. The number of halogens is 1. The number of amides is 1. The summed E-state index contributed by atoms with van der Waals surface area (Å²) in [5.41, 5.74) is 1.41. The molecule has 2 heterocycles. The Hall–Kier alpha value is -4.20. The van der Waals surface area contributed by atoms with Crippen LogP contribution in [0, 0.1) is 5.82 Å². The summed E-state index contributed by atoms with van der Waals surface area (Å²) in [5, 5.41) is 11.2. The zero-order valence-corrected chi connectivity index (χ0v) is 18.0. The third-order valence-electron chi connectivity index (χ3n) is 5.49. The SMILES string of the molecule is COc1ccc(/C(O)=C2/C(=O)C(=O)N(Cc3ccc(F)cc3)C2c2ccncc2)c(OC)c1. The van der Waals surface area contributed by atoms with Gasteiger partial charge in [0.25, 0.3) is 11.7 Å². The summed E-state index contributed by atoms with van der Waals surface area (Å²) in [6.07, 6.45) is 3.09. The van der Waals surface area contributed by atoms with Crippen molar-refractivity contribution in [1.29, 1.82) is 0 Å². The number of carbonyl (C=O) groups is 2. The van der Waals surface area contributed by atoms with Gasteiger partial charge in [-0.15, -0.1) is 0 Å². The second-order valence-electron chi connectivity index (χ2n) is 7.40. The Morgan fingerprint density at radius 2 is 1.73 bits per heavy atom. The molecule has 0 saturated carbocycles. The smallest absolute Gasteiger partial charge is 0.295 e. The van der Waals surface area contributed by atoms with Gasteiger partial charge >= 0.3 is 0 Å². The van der Waals surface area contributed by atoms with E-state index in [1.165, 1.54) is 31.3 Å². The van der Waals surface area contributed by atoms with Crippen LogP contribution in [0.15, 0.2) is 72.6 Å². The van der Waals surface area contributed by atoms with Gasteiger partial charge in [0.15, 0.2) is 0 Å². The zero-order valence-electron chi connectivity index (χ0n) is 18.0. The van der Waals surface area contributed by atoms with Gasteiger partial charge in [0.2, 0.25) is 0 Å². The fourth-order valence-corrected chi connectivity index (χ4v) is 3.86. The number of rotatable bonds is 6. The van der Waals surface area contributed by atoms with E-state index in [0.29, 0.717) is 16.9 Å². The van der Waals surface area contributed by atoms with Gasteiger partial charge in [0, 0.05) is 25.0 Å². The van der Waals surface area contributed by atoms with E-state index < -0.39 is 23.5 Å². The second kappa shape index (κ2) is 9.12. The largest absolute Gasteiger partial charge is 0.507 e. The maximum Gasteiger partial charge on any atom is 0.295 e. The van der Waals surface area contributed by atoms with Gasteiger partial charge in [-0.25, -0.2) is 4.39 Å². The average molecular weight is 448 g/mol. The number of aliphatic hydroxyl groups excluding tert-OH is 1. The molecular weight excluding hydrogens is 427 g/mol. The van der Waals surface area contributed by atoms with Crippen LogP contribution in [0.3, 0.4) is 0 Å². The number of aromatic nitrogens is 1. The number of pyridine rings is 1. The van der Waals surface area contributed by atoms with Crippen molar-refractivity contribution in [3.05, 3.63) is 95.1 Å². The van der Waals surface area contributed by atoms with Crippen LogP contribution in [0.2, 0.25) is 0 Å². The minimum Gasteiger partial charge on any atom is -0.507 e. The summed E-state index contributed by atoms with van der Waals surface area (Å²) < 4.78 is 23.9. The van der Waals surface area contributed by atoms with Crippen molar-refractivity contribution in [2.75, 3.05) is 14.2 Å². The lowest BCUT2D eigenvalue weighted by Crippen LogP contribution is -2.29. The van der Waals surface area contributed by atoms with Crippen LogP contribution in [0.5, 0.6) is 11.5 Å². The molecule has 4 rings (SSSR count). The highest BCUT2D eigenvalue weighted by molar-refractivity contribution is 6.46. The molecule has 0 spiro atoms. The molecule has 1 N–H and O–H groups in total. The highest BCUT2D eigenvalue weighted by Gasteiger charge is 2.46. The number of likely N-dealkylation sites (tertiary alicyclic amines) is 1. The van der Waals surface area contributed by atoms with Crippen LogP contribution in [-0.2, 0) is 16.1 Å². The van der Waals surface area contributed by atoms with Crippen LogP contribution in [0.4, 0.5) is 4.39 Å². The number of benzene rings is 2. The van der Waals surface area contributed by atoms with Crippen LogP contribution in [0.25, 0.3) is 5.76 Å². The summed E-state index contributed by atoms with van der Waals surface area (Å²) >= 11 is 0. The lowest BCUT2D eigenvalue weighted by molar-refractivity contribution is -0.140. The van der Waals surface area contributed by atoms with Crippen molar-refractivity contribution in [2.45, 2.75) is 12.6 Å². The van der Waals surface area contributed by atoms with Crippen molar-refractivity contribution in [1.82, 2.24) is 9.88 Å². The molecule has 1 aromatic heterocycles. The normalized spacial score (nSPS) is 17.3. The van der Waals surface area contributed by atoms with E-state index in [-0.39, 0.29) is 29.2 Å². The minimum absolute atomic E-state index is 0.0500. The van der Waals surface area contributed by atoms with Crippen molar-refractivity contribution >= 4 is 17.4 Å². The Labute approximate surface area is 189 Å². The van der Waals surface area contributed by atoms with Crippen LogP contribution < -0.4 is 9.47 Å². The Kier molecular flexibility index (Phi) is 6.08. The number of methoxy groups -OCH3 is 2. The predicted molar refractivity (Wildman–Crippen MR) is 118 cm³/mol. The molecule has 1 atom stereocenters. The zero-order chi connectivity index (χ0) is 23.5. The fourth-order valence-electron chi connectivity index (χ4n) is 3.86. The molecule has 0 bridgehead atoms. The van der Waals surface area contributed by atoms with Gasteiger partial charge in [-0.05, 0) is 47.5 Å². The van der Waals surface area contributed by atoms with Gasteiger partial charge in [0.05, 0.1) is 31.4 Å². The molecule has 8 heteroatoms. The van der Waals surface area contributed by atoms with Crippen molar-refractivity contribution in [3.63, 3.8) is 0 Å². The molecule has 1 saturated heterocycles. The molecule has 3 aromatic rings. The molecule has 7 nitrogen and oxygen atoms in total. The lowest BCUT2D eigenvalue weighted by Gasteiger charge is -2.25. The highest BCUT2D eigenvalue weighted by Crippen LogP contribution is 2.42. The number of Topliss-reactive ketones (excluding diaryl/α,β-unsaturated/α-hetero) is 1. The van der Waals surface area contributed by atoms with Crippen molar-refractivity contribution in [2.24, 2.45) is 0 Å². The first-order valence-electron chi connectivity index (χ1n) is 10.1. The van der Waals surface area contributed by atoms with E-state index in [0.717, 1.165) is 0 Å². The summed E-state index contributed by atoms with van der Waals surface area (Å²) in [6.45, 7) is 0.0500. The number of hydrogen-bond donors (Lipinski definition) is 1. The molecule has 0 radical (unpaired) electrons. The maximum atomic E-state index is 13.4. The molecule has 0 aliphatic carbocycles. The number of ketones is 1. The summed E-state index contributed by atoms with van der Waals surface area (Å²) in [7, 11) is 2.93. The van der Waals surface area contributed by atoms with Gasteiger partial charge in [-0.1, -0.05) is 12.1 Å². The summed E-state index contributed by atoms with van der Waals surface area (Å²) in [6, 6.07) is 12.9. The minimum atomic E-state index is -0.870. The third kappa shape index (κ3) is 4.15. The molecule has 33 heavy (non-hydrogen) atoms. The standard InChI is InChI=1S/C25H21FN2O5/c1-32-18-7-8-19(20(13-18)33-2)23(29)21-22(16-9-11-27-12-10-16)28(25(31)24(21)30)14-15-3-5-17(26)6-4-15/h3-13,22,29H,14H2,1-2H3/b23-21-. The third-order valence-corrected chi connectivity index (χ3v) is 5.49. The van der Waals surface area contributed by atoms with E-state index in [1.807, 2.05) is 0 Å². The molecule has 1 fully saturated rings. The molecule has 1 aliphatic rings. The van der Waals surface area contributed by atoms with E-state index in [2.05, 4.69) is 4.98 Å². The molecule has 168 valence electrons. The van der Waals surface area contributed by atoms with Crippen molar-refractivity contribution in [3.8, 4) is 11.5 Å². The van der Waals surface area contributed by atoms with Crippen LogP contribution >= 0.6 is 0 Å². The van der Waals surface area contributed by atoms with E-state index in [4.69, 9.17) is 9.47 Å². The maximum absolute atomic E-state index is 13.4. The molecule has 1 unspecified atom stereocenters. The van der Waals surface area contributed by atoms with Gasteiger partial charge in [0.1, 0.15) is 23.1 Å². The molecule has 1 amide bonds. The first-order valence-corrected chi connectivity index (χ1v) is 10.1. The Bertz CT molecular complexity index is 1230. The topological polar surface area (TPSA) is 89.0 Å². The average Bonchev–Trinajstić information content (AvgIpc) is 3.10. The number of nitrogens with zero attached hydrogens (tertiary/aromatic N) is 2. The number of carbonyl (C=O) groups excluding carboxylic acids is 2. The lowest BCUT2D eigenvalue weighted by atomic mass is 9.95. The highest BCUT2D eigenvalue weighted by atomic mass is 19.1. The van der Waals surface area contributed by atoms with Gasteiger partial charge in [-0.3, -0.25) is 14.6 Å². The molecule has 1 aliphatic heterocycles. The first kappa shape index (κ1) is 22.0. The number of hydrogen-bond acceptors (Lipinski definition) is 6. The van der Waals surface area contributed by atoms with Gasteiger partial charge < -0.3 is 19.5 Å². The van der Waals surface area contributed by atoms with Crippen molar-refractivity contribution < 1.29 is 28.6 Å².